The number of piperidine rings is 1. The van der Waals surface area contributed by atoms with Crippen LogP contribution in [0.15, 0.2) is 24.3 Å². The molecule has 0 saturated carbocycles. The highest BCUT2D eigenvalue weighted by Crippen LogP contribution is 2.13. The van der Waals surface area contributed by atoms with Crippen molar-refractivity contribution in [2.45, 2.75) is 25.4 Å². The van der Waals surface area contributed by atoms with Crippen molar-refractivity contribution >= 4 is 17.5 Å². The highest BCUT2D eigenvalue weighted by molar-refractivity contribution is 6.30. The van der Waals surface area contributed by atoms with Crippen molar-refractivity contribution in [1.29, 1.82) is 0 Å². The zero-order valence-corrected chi connectivity index (χ0v) is 12.6. The largest absolute Gasteiger partial charge is 0.340 e. The Kier molecular flexibility index (Phi) is 5.40. The van der Waals surface area contributed by atoms with E-state index in [1.54, 1.807) is 4.90 Å². The Morgan fingerprint density at radius 1 is 1.55 bits per heavy atom. The van der Waals surface area contributed by atoms with Crippen LogP contribution >= 0.6 is 11.6 Å². The molecule has 0 spiro atoms. The van der Waals surface area contributed by atoms with E-state index in [-0.39, 0.29) is 11.9 Å². The summed E-state index contributed by atoms with van der Waals surface area (Å²) in [6, 6.07) is 7.81. The van der Waals surface area contributed by atoms with Crippen molar-refractivity contribution in [1.82, 2.24) is 9.80 Å². The van der Waals surface area contributed by atoms with Crippen molar-refractivity contribution in [3.05, 3.63) is 34.9 Å². The number of rotatable bonds is 4. The number of hydrogen-bond acceptors (Lipinski definition) is 3. The zero-order valence-electron chi connectivity index (χ0n) is 11.9. The maximum absolute atomic E-state index is 12.2. The fourth-order valence-corrected chi connectivity index (χ4v) is 2.76. The average Bonchev–Trinajstić information content (AvgIpc) is 2.38. The van der Waals surface area contributed by atoms with Crippen LogP contribution in [0, 0.1) is 0 Å². The number of carbonyl (C=O) groups is 1. The fraction of sp³-hybridized carbons (Fsp3) is 0.533. The Hall–Kier alpha value is -1.10. The molecule has 1 aromatic carbocycles. The smallest absolute Gasteiger partial charge is 0.236 e. The molecule has 5 heteroatoms. The van der Waals surface area contributed by atoms with Gasteiger partial charge in [-0.25, -0.2) is 0 Å². The van der Waals surface area contributed by atoms with Crippen LogP contribution in [-0.2, 0) is 11.3 Å². The van der Waals surface area contributed by atoms with Gasteiger partial charge in [0.2, 0.25) is 5.91 Å². The Labute approximate surface area is 125 Å². The summed E-state index contributed by atoms with van der Waals surface area (Å²) in [5, 5.41) is 0.699. The highest BCUT2D eigenvalue weighted by Gasteiger charge is 2.20. The van der Waals surface area contributed by atoms with Gasteiger partial charge in [-0.05, 0) is 37.1 Å². The molecule has 2 rings (SSSR count). The third kappa shape index (κ3) is 4.47. The van der Waals surface area contributed by atoms with Gasteiger partial charge in [-0.1, -0.05) is 23.7 Å². The first-order valence-corrected chi connectivity index (χ1v) is 7.39. The normalized spacial score (nSPS) is 19.9. The van der Waals surface area contributed by atoms with E-state index in [1.165, 1.54) is 0 Å². The summed E-state index contributed by atoms with van der Waals surface area (Å²) >= 11 is 5.95. The maximum atomic E-state index is 12.2. The van der Waals surface area contributed by atoms with E-state index in [1.807, 2.05) is 31.3 Å². The molecule has 2 N–H and O–H groups in total. The number of amides is 1. The van der Waals surface area contributed by atoms with E-state index in [0.717, 1.165) is 31.5 Å². The monoisotopic (exact) mass is 295 g/mol. The lowest BCUT2D eigenvalue weighted by atomic mass is 10.1. The van der Waals surface area contributed by atoms with Gasteiger partial charge in [0.1, 0.15) is 0 Å². The number of likely N-dealkylation sites (N-methyl/N-ethyl adjacent to an activating group) is 1. The molecule has 0 bridgehead atoms. The predicted octanol–water partition coefficient (Wildman–Crippen LogP) is 1.72. The second-order valence-electron chi connectivity index (χ2n) is 5.52. The third-order valence-electron chi connectivity index (χ3n) is 3.64. The molecule has 0 aromatic heterocycles. The SMILES string of the molecule is CN(Cc1cccc(Cl)c1)C(=O)CN1CCCC(N)C1. The lowest BCUT2D eigenvalue weighted by Crippen LogP contribution is -2.47. The number of benzene rings is 1. The van der Waals surface area contributed by atoms with Crippen LogP contribution < -0.4 is 5.73 Å². The summed E-state index contributed by atoms with van der Waals surface area (Å²) in [7, 11) is 1.83. The minimum absolute atomic E-state index is 0.124. The third-order valence-corrected chi connectivity index (χ3v) is 3.87. The van der Waals surface area contributed by atoms with Gasteiger partial charge in [-0.3, -0.25) is 9.69 Å². The predicted molar refractivity (Wildman–Crippen MR) is 81.6 cm³/mol. The standard InChI is InChI=1S/C15H22ClN3O/c1-18(9-12-4-2-5-13(16)8-12)15(20)11-19-7-3-6-14(17)10-19/h2,4-5,8,14H,3,6-7,9-11,17H2,1H3. The van der Waals surface area contributed by atoms with Gasteiger partial charge >= 0.3 is 0 Å². The van der Waals surface area contributed by atoms with E-state index in [0.29, 0.717) is 18.1 Å². The maximum Gasteiger partial charge on any atom is 0.236 e. The van der Waals surface area contributed by atoms with Gasteiger partial charge in [0.05, 0.1) is 6.54 Å². The molecule has 1 aromatic rings. The molecule has 1 atom stereocenters. The number of hydrogen-bond donors (Lipinski definition) is 1. The molecule has 1 saturated heterocycles. The van der Waals surface area contributed by atoms with Crippen molar-refractivity contribution in [3.63, 3.8) is 0 Å². The molecule has 1 aliphatic heterocycles. The van der Waals surface area contributed by atoms with Gasteiger partial charge in [-0.15, -0.1) is 0 Å². The Morgan fingerprint density at radius 2 is 2.35 bits per heavy atom. The van der Waals surface area contributed by atoms with Crippen molar-refractivity contribution < 1.29 is 4.79 Å². The molecule has 110 valence electrons. The van der Waals surface area contributed by atoms with Crippen LogP contribution in [0.25, 0.3) is 0 Å². The summed E-state index contributed by atoms with van der Waals surface area (Å²) in [4.78, 5) is 16.1. The molecular weight excluding hydrogens is 274 g/mol. The number of likely N-dealkylation sites (tertiary alicyclic amines) is 1. The van der Waals surface area contributed by atoms with Crippen molar-refractivity contribution in [2.24, 2.45) is 5.73 Å². The molecule has 4 nitrogen and oxygen atoms in total. The van der Waals surface area contributed by atoms with Gasteiger partial charge in [-0.2, -0.15) is 0 Å². The van der Waals surface area contributed by atoms with Crippen LogP contribution in [-0.4, -0.2) is 48.4 Å². The van der Waals surface area contributed by atoms with E-state index >= 15 is 0 Å². The van der Waals surface area contributed by atoms with E-state index in [2.05, 4.69) is 4.90 Å². The van der Waals surface area contributed by atoms with E-state index in [4.69, 9.17) is 17.3 Å². The number of halogens is 1. The fourth-order valence-electron chi connectivity index (χ4n) is 2.54. The average molecular weight is 296 g/mol. The minimum atomic E-state index is 0.124. The molecule has 1 aliphatic rings. The molecule has 0 aliphatic carbocycles. The van der Waals surface area contributed by atoms with Crippen LogP contribution in [0.4, 0.5) is 0 Å². The second-order valence-corrected chi connectivity index (χ2v) is 5.95. The first-order chi connectivity index (χ1) is 9.54. The van der Waals surface area contributed by atoms with Crippen molar-refractivity contribution in [2.75, 3.05) is 26.7 Å². The number of carbonyl (C=O) groups excluding carboxylic acids is 1. The molecule has 0 radical (unpaired) electrons. The molecule has 1 amide bonds. The van der Waals surface area contributed by atoms with Crippen molar-refractivity contribution in [3.8, 4) is 0 Å². The van der Waals surface area contributed by atoms with Crippen LogP contribution in [0.1, 0.15) is 18.4 Å². The summed E-state index contributed by atoms with van der Waals surface area (Å²) in [6.45, 7) is 2.81. The van der Waals surface area contributed by atoms with Crippen LogP contribution in [0.3, 0.4) is 0 Å². The van der Waals surface area contributed by atoms with Gasteiger partial charge in [0.25, 0.3) is 0 Å². The Balaban J connectivity index is 1.85. The summed E-state index contributed by atoms with van der Waals surface area (Å²) < 4.78 is 0. The minimum Gasteiger partial charge on any atom is -0.340 e. The molecule has 1 fully saturated rings. The van der Waals surface area contributed by atoms with Crippen LogP contribution in [0.2, 0.25) is 5.02 Å². The van der Waals surface area contributed by atoms with E-state index < -0.39 is 0 Å². The highest BCUT2D eigenvalue weighted by atomic mass is 35.5. The van der Waals surface area contributed by atoms with Gasteiger partial charge in [0.15, 0.2) is 0 Å². The van der Waals surface area contributed by atoms with Gasteiger partial charge < -0.3 is 10.6 Å². The van der Waals surface area contributed by atoms with Crippen LogP contribution in [0.5, 0.6) is 0 Å². The molecule has 1 heterocycles. The lowest BCUT2D eigenvalue weighted by Gasteiger charge is -2.31. The summed E-state index contributed by atoms with van der Waals surface area (Å²) in [5.41, 5.74) is 6.98. The first-order valence-electron chi connectivity index (χ1n) is 7.01. The summed E-state index contributed by atoms with van der Waals surface area (Å²) in [6.07, 6.45) is 2.13. The molecule has 1 unspecified atom stereocenters. The first kappa shape index (κ1) is 15.3. The number of nitrogens with two attached hydrogens (primary N) is 1. The second kappa shape index (κ2) is 7.07. The Bertz CT molecular complexity index is 466. The molecule has 20 heavy (non-hydrogen) atoms. The summed E-state index contributed by atoms with van der Waals surface area (Å²) in [5.74, 6) is 0.124. The number of nitrogens with zero attached hydrogens (tertiary/aromatic N) is 2. The molecular formula is C15H22ClN3O. The van der Waals surface area contributed by atoms with Gasteiger partial charge in [0, 0.05) is 31.2 Å². The quantitative estimate of drug-likeness (QED) is 0.920. The lowest BCUT2D eigenvalue weighted by molar-refractivity contribution is -0.131. The topological polar surface area (TPSA) is 49.6 Å². The zero-order chi connectivity index (χ0) is 14.5. The van der Waals surface area contributed by atoms with E-state index in [9.17, 15) is 4.79 Å². The Morgan fingerprint density at radius 3 is 3.05 bits per heavy atom.